The van der Waals surface area contributed by atoms with Crippen LogP contribution in [0.25, 0.3) is 0 Å². The second-order valence-corrected chi connectivity index (χ2v) is 6.46. The second kappa shape index (κ2) is 6.04. The molecule has 0 unspecified atom stereocenters. The van der Waals surface area contributed by atoms with E-state index in [0.29, 0.717) is 23.5 Å². The Morgan fingerprint density at radius 2 is 2.09 bits per heavy atom. The van der Waals surface area contributed by atoms with E-state index in [1.165, 1.54) is 22.4 Å². The summed E-state index contributed by atoms with van der Waals surface area (Å²) in [5, 5.41) is 0. The highest BCUT2D eigenvalue weighted by atomic mass is 32.1. The molecule has 0 aromatic carbocycles. The minimum Gasteiger partial charge on any atom is -0.346 e. The van der Waals surface area contributed by atoms with E-state index in [0.717, 1.165) is 6.42 Å². The average molecular weight is 331 g/mol. The number of aromatic nitrogens is 3. The summed E-state index contributed by atoms with van der Waals surface area (Å²) in [6, 6.07) is 0. The smallest absolute Gasteiger partial charge is 0.266 e. The molecule has 0 bridgehead atoms. The first-order valence-corrected chi connectivity index (χ1v) is 8.14. The second-order valence-electron chi connectivity index (χ2n) is 5.58. The highest BCUT2D eigenvalue weighted by Gasteiger charge is 2.53. The number of hydrogen-bond acceptors (Lipinski definition) is 6. The first-order chi connectivity index (χ1) is 11.1. The van der Waals surface area contributed by atoms with Gasteiger partial charge in [-0.25, -0.2) is 0 Å². The van der Waals surface area contributed by atoms with E-state index in [1.807, 2.05) is 0 Å². The summed E-state index contributed by atoms with van der Waals surface area (Å²) in [7, 11) is 3.38. The lowest BCUT2D eigenvalue weighted by Crippen LogP contribution is -2.55. The Labute approximate surface area is 138 Å². The number of amides is 2. The zero-order chi connectivity index (χ0) is 16.4. The molecule has 3 rings (SSSR count). The quantitative estimate of drug-likeness (QED) is 0.843. The highest BCUT2D eigenvalue weighted by molar-refractivity contribution is 7.11. The van der Waals surface area contributed by atoms with Crippen molar-refractivity contribution < 1.29 is 9.59 Å². The molecule has 8 heteroatoms. The van der Waals surface area contributed by atoms with Crippen LogP contribution in [0.5, 0.6) is 0 Å². The predicted molar refractivity (Wildman–Crippen MR) is 84.8 cm³/mol. The molecular weight excluding hydrogens is 314 g/mol. The third-order valence-electron chi connectivity index (χ3n) is 4.02. The number of nitrogens with zero attached hydrogens (tertiary/aromatic N) is 5. The van der Waals surface area contributed by atoms with Crippen molar-refractivity contribution in [1.29, 1.82) is 0 Å². The first kappa shape index (κ1) is 15.5. The fraction of sp³-hybridized carbons (Fsp3) is 0.400. The van der Waals surface area contributed by atoms with Crippen molar-refractivity contribution >= 4 is 23.2 Å². The van der Waals surface area contributed by atoms with Crippen molar-refractivity contribution in [3.63, 3.8) is 0 Å². The topological polar surface area (TPSA) is 79.3 Å². The lowest BCUT2D eigenvalue weighted by atomic mass is 9.90. The summed E-state index contributed by atoms with van der Waals surface area (Å²) in [5.41, 5.74) is 1.02. The van der Waals surface area contributed by atoms with Gasteiger partial charge in [-0.3, -0.25) is 24.5 Å². The minimum absolute atomic E-state index is 0.159. The summed E-state index contributed by atoms with van der Waals surface area (Å²) in [6.45, 7) is 0.507. The van der Waals surface area contributed by atoms with E-state index < -0.39 is 5.54 Å². The van der Waals surface area contributed by atoms with Gasteiger partial charge in [0.2, 0.25) is 0 Å². The minimum atomic E-state index is -1.10. The van der Waals surface area contributed by atoms with Crippen molar-refractivity contribution in [3.8, 4) is 0 Å². The highest BCUT2D eigenvalue weighted by Crippen LogP contribution is 2.40. The zero-order valence-electron chi connectivity index (χ0n) is 13.0. The van der Waals surface area contributed by atoms with Crippen molar-refractivity contribution in [1.82, 2.24) is 24.8 Å². The SMILES string of the molecule is CN(C)C(=O)[C@]1(c2cnccn2)CCCN1C(=O)c1cncs1. The van der Waals surface area contributed by atoms with Gasteiger partial charge in [-0.15, -0.1) is 11.3 Å². The van der Waals surface area contributed by atoms with Crippen LogP contribution in [-0.2, 0) is 10.3 Å². The van der Waals surface area contributed by atoms with Gasteiger partial charge >= 0.3 is 0 Å². The molecule has 2 aromatic heterocycles. The van der Waals surface area contributed by atoms with Gasteiger partial charge in [-0.1, -0.05) is 0 Å². The standard InChI is InChI=1S/C15H17N5O2S/c1-19(2)14(22)15(12-9-16-5-6-18-12)4-3-7-20(15)13(21)11-8-17-10-23-11/h5-6,8-10H,3-4,7H2,1-2H3/t15-/m1/s1. The molecule has 2 aromatic rings. The molecule has 23 heavy (non-hydrogen) atoms. The maximum atomic E-state index is 13.0. The molecule has 1 atom stereocenters. The summed E-state index contributed by atoms with van der Waals surface area (Å²) in [5.74, 6) is -0.348. The van der Waals surface area contributed by atoms with Crippen LogP contribution in [0, 0.1) is 0 Å². The van der Waals surface area contributed by atoms with Gasteiger partial charge in [0.05, 0.1) is 23.6 Å². The molecule has 0 spiro atoms. The van der Waals surface area contributed by atoms with Crippen LogP contribution in [0.4, 0.5) is 0 Å². The van der Waals surface area contributed by atoms with E-state index >= 15 is 0 Å². The number of thiazole rings is 1. The summed E-state index contributed by atoms with van der Waals surface area (Å²) < 4.78 is 0. The molecule has 1 fully saturated rings. The van der Waals surface area contributed by atoms with Crippen molar-refractivity contribution in [2.45, 2.75) is 18.4 Å². The van der Waals surface area contributed by atoms with Crippen molar-refractivity contribution in [2.75, 3.05) is 20.6 Å². The van der Waals surface area contributed by atoms with E-state index in [1.54, 1.807) is 43.1 Å². The van der Waals surface area contributed by atoms with Crippen molar-refractivity contribution in [2.24, 2.45) is 0 Å². The molecule has 0 radical (unpaired) electrons. The van der Waals surface area contributed by atoms with Crippen LogP contribution < -0.4 is 0 Å². The Morgan fingerprint density at radius 1 is 1.26 bits per heavy atom. The molecular formula is C15H17N5O2S. The molecule has 1 aliphatic rings. The number of carbonyl (C=O) groups is 2. The Bertz CT molecular complexity index is 704. The zero-order valence-corrected chi connectivity index (χ0v) is 13.8. The first-order valence-electron chi connectivity index (χ1n) is 7.26. The molecule has 2 amide bonds. The van der Waals surface area contributed by atoms with Gasteiger partial charge < -0.3 is 9.80 Å². The number of rotatable bonds is 3. The monoisotopic (exact) mass is 331 g/mol. The van der Waals surface area contributed by atoms with Gasteiger partial charge in [0.15, 0.2) is 5.54 Å². The molecule has 120 valence electrons. The Hall–Kier alpha value is -2.35. The van der Waals surface area contributed by atoms with Gasteiger partial charge in [-0.05, 0) is 12.8 Å². The Balaban J connectivity index is 2.11. The summed E-state index contributed by atoms with van der Waals surface area (Å²) >= 11 is 1.27. The lowest BCUT2D eigenvalue weighted by molar-refractivity contribution is -0.140. The number of carbonyl (C=O) groups excluding carboxylic acids is 2. The van der Waals surface area contributed by atoms with Crippen LogP contribution in [-0.4, -0.2) is 57.2 Å². The van der Waals surface area contributed by atoms with Gasteiger partial charge in [-0.2, -0.15) is 0 Å². The fourth-order valence-electron chi connectivity index (χ4n) is 3.03. The van der Waals surface area contributed by atoms with Gasteiger partial charge in [0.25, 0.3) is 11.8 Å². The lowest BCUT2D eigenvalue weighted by Gasteiger charge is -2.37. The summed E-state index contributed by atoms with van der Waals surface area (Å²) in [4.78, 5) is 41.9. The van der Waals surface area contributed by atoms with Crippen LogP contribution in [0.15, 0.2) is 30.3 Å². The van der Waals surface area contributed by atoms with Crippen LogP contribution in [0.2, 0.25) is 0 Å². The largest absolute Gasteiger partial charge is 0.346 e. The van der Waals surface area contributed by atoms with Crippen LogP contribution >= 0.6 is 11.3 Å². The fourth-order valence-corrected chi connectivity index (χ4v) is 3.60. The van der Waals surface area contributed by atoms with Crippen LogP contribution in [0.1, 0.15) is 28.2 Å². The molecule has 1 saturated heterocycles. The number of hydrogen-bond donors (Lipinski definition) is 0. The maximum absolute atomic E-state index is 13.0. The van der Waals surface area contributed by atoms with E-state index in [-0.39, 0.29) is 11.8 Å². The van der Waals surface area contributed by atoms with Gasteiger partial charge in [0.1, 0.15) is 4.88 Å². The normalized spacial score (nSPS) is 20.5. The summed E-state index contributed by atoms with van der Waals surface area (Å²) in [6.07, 6.45) is 7.48. The molecule has 3 heterocycles. The number of likely N-dealkylation sites (tertiary alicyclic amines) is 1. The van der Waals surface area contributed by atoms with Crippen molar-refractivity contribution in [3.05, 3.63) is 40.9 Å². The maximum Gasteiger partial charge on any atom is 0.266 e. The van der Waals surface area contributed by atoms with E-state index in [9.17, 15) is 9.59 Å². The van der Waals surface area contributed by atoms with Crippen LogP contribution in [0.3, 0.4) is 0 Å². The predicted octanol–water partition coefficient (Wildman–Crippen LogP) is 1.15. The molecule has 0 N–H and O–H groups in total. The third-order valence-corrected chi connectivity index (χ3v) is 4.78. The third kappa shape index (κ3) is 2.48. The average Bonchev–Trinajstić information content (AvgIpc) is 3.24. The molecule has 7 nitrogen and oxygen atoms in total. The molecule has 0 aliphatic carbocycles. The van der Waals surface area contributed by atoms with E-state index in [2.05, 4.69) is 15.0 Å². The Kier molecular flexibility index (Phi) is 4.08. The van der Waals surface area contributed by atoms with Gasteiger partial charge in [0, 0.05) is 33.0 Å². The number of likely N-dealkylation sites (N-methyl/N-ethyl adjacent to an activating group) is 1. The molecule has 1 aliphatic heterocycles. The molecule has 0 saturated carbocycles. The van der Waals surface area contributed by atoms with E-state index in [4.69, 9.17) is 0 Å². The Morgan fingerprint density at radius 3 is 2.70 bits per heavy atom.